The van der Waals surface area contributed by atoms with E-state index in [0.717, 1.165) is 11.4 Å². The zero-order valence-electron chi connectivity index (χ0n) is 15.9. The number of benzene rings is 1. The van der Waals surface area contributed by atoms with Gasteiger partial charge in [0.2, 0.25) is 5.91 Å². The van der Waals surface area contributed by atoms with Gasteiger partial charge in [0.15, 0.2) is 22.6 Å². The Bertz CT molecular complexity index is 1120. The van der Waals surface area contributed by atoms with Gasteiger partial charge in [-0.3, -0.25) is 9.36 Å². The van der Waals surface area contributed by atoms with Crippen LogP contribution in [-0.4, -0.2) is 41.2 Å². The summed E-state index contributed by atoms with van der Waals surface area (Å²) >= 11 is 1.33. The molecule has 0 aliphatic heterocycles. The molecule has 1 amide bonds. The Kier molecular flexibility index (Phi) is 5.43. The molecule has 9 nitrogen and oxygen atoms in total. The molecule has 3 heterocycles. The van der Waals surface area contributed by atoms with E-state index in [0.29, 0.717) is 29.0 Å². The number of anilines is 1. The number of carbonyl (C=O) groups is 1. The Balaban J connectivity index is 1.42. The molecule has 148 valence electrons. The van der Waals surface area contributed by atoms with Crippen molar-refractivity contribution < 1.29 is 9.21 Å². The Morgan fingerprint density at radius 3 is 2.79 bits per heavy atom. The van der Waals surface area contributed by atoms with Gasteiger partial charge >= 0.3 is 0 Å². The summed E-state index contributed by atoms with van der Waals surface area (Å²) in [6.07, 6.45) is 3.23. The molecule has 0 aliphatic rings. The topological polar surface area (TPSA) is 104 Å². The van der Waals surface area contributed by atoms with Crippen molar-refractivity contribution in [2.75, 3.05) is 11.1 Å². The molecule has 0 bridgehead atoms. The Hall–Kier alpha value is -3.40. The molecule has 3 aromatic heterocycles. The first-order valence-electron chi connectivity index (χ1n) is 9.00. The molecule has 0 radical (unpaired) electrons. The summed E-state index contributed by atoms with van der Waals surface area (Å²) in [5.41, 5.74) is 1.58. The number of nitrogens with one attached hydrogen (secondary N) is 1. The van der Waals surface area contributed by atoms with Gasteiger partial charge in [-0.05, 0) is 31.2 Å². The number of rotatable bonds is 7. The van der Waals surface area contributed by atoms with Gasteiger partial charge in [-0.1, -0.05) is 23.9 Å². The molecule has 0 unspecified atom stereocenters. The number of nitrogens with zero attached hydrogens (tertiary/aromatic N) is 6. The average molecular weight is 409 g/mol. The highest BCUT2D eigenvalue weighted by Gasteiger charge is 2.16. The third kappa shape index (κ3) is 4.06. The fraction of sp³-hybridized carbons (Fsp3) is 0.211. The second kappa shape index (κ2) is 8.31. The summed E-state index contributed by atoms with van der Waals surface area (Å²) in [4.78, 5) is 12.4. The molecule has 0 saturated heterocycles. The van der Waals surface area contributed by atoms with Crippen molar-refractivity contribution in [3.63, 3.8) is 0 Å². The maximum Gasteiger partial charge on any atom is 0.234 e. The third-order valence-electron chi connectivity index (χ3n) is 4.22. The van der Waals surface area contributed by atoms with Crippen LogP contribution in [-0.2, 0) is 18.4 Å². The van der Waals surface area contributed by atoms with Crippen LogP contribution in [0.4, 0.5) is 5.69 Å². The predicted molar refractivity (Wildman–Crippen MR) is 109 cm³/mol. The van der Waals surface area contributed by atoms with Crippen LogP contribution in [0, 0.1) is 0 Å². The number of hydrogen-bond donors (Lipinski definition) is 1. The van der Waals surface area contributed by atoms with Crippen LogP contribution < -0.4 is 5.32 Å². The van der Waals surface area contributed by atoms with Crippen LogP contribution in [0.25, 0.3) is 23.0 Å². The fourth-order valence-corrected chi connectivity index (χ4v) is 3.68. The van der Waals surface area contributed by atoms with Crippen molar-refractivity contribution in [2.45, 2.75) is 18.6 Å². The van der Waals surface area contributed by atoms with Gasteiger partial charge < -0.3 is 14.3 Å². The van der Waals surface area contributed by atoms with Crippen molar-refractivity contribution in [2.24, 2.45) is 7.05 Å². The lowest BCUT2D eigenvalue weighted by atomic mass is 10.2. The van der Waals surface area contributed by atoms with Crippen molar-refractivity contribution in [1.29, 1.82) is 0 Å². The van der Waals surface area contributed by atoms with Gasteiger partial charge in [-0.2, -0.15) is 0 Å². The number of hydrogen-bond acceptors (Lipinski definition) is 7. The molecule has 0 aliphatic carbocycles. The molecule has 0 fully saturated rings. The lowest BCUT2D eigenvalue weighted by Gasteiger charge is -2.08. The lowest BCUT2D eigenvalue weighted by Crippen LogP contribution is -2.14. The van der Waals surface area contributed by atoms with Crippen molar-refractivity contribution in [3.05, 3.63) is 49.0 Å². The van der Waals surface area contributed by atoms with Crippen LogP contribution in [0.1, 0.15) is 6.92 Å². The van der Waals surface area contributed by atoms with E-state index in [-0.39, 0.29) is 11.7 Å². The molecule has 10 heteroatoms. The maximum atomic E-state index is 12.4. The Labute approximate surface area is 171 Å². The SMILES string of the molecule is CCn1c(SCC(=O)Nc2cccc(-c3nncn3C)c2)nnc1-c1ccco1. The monoisotopic (exact) mass is 409 g/mol. The van der Waals surface area contributed by atoms with Gasteiger partial charge in [0.25, 0.3) is 0 Å². The standard InChI is InChI=1S/C19H19N7O2S/c1-3-26-18(15-8-5-9-28-15)23-24-19(26)29-11-16(27)21-14-7-4-6-13(10-14)17-22-20-12-25(17)2/h4-10,12H,3,11H2,1-2H3,(H,21,27). The third-order valence-corrected chi connectivity index (χ3v) is 5.19. The highest BCUT2D eigenvalue weighted by molar-refractivity contribution is 7.99. The van der Waals surface area contributed by atoms with Crippen LogP contribution >= 0.6 is 11.8 Å². The summed E-state index contributed by atoms with van der Waals surface area (Å²) in [5.74, 6) is 2.12. The highest BCUT2D eigenvalue weighted by atomic mass is 32.2. The molecule has 0 saturated carbocycles. The first-order chi connectivity index (χ1) is 14.2. The zero-order chi connectivity index (χ0) is 20.2. The number of aryl methyl sites for hydroxylation is 1. The number of aromatic nitrogens is 6. The minimum Gasteiger partial charge on any atom is -0.461 e. The van der Waals surface area contributed by atoms with E-state index in [4.69, 9.17) is 4.42 Å². The minimum atomic E-state index is -0.129. The van der Waals surface area contributed by atoms with Crippen LogP contribution in [0.15, 0.2) is 58.6 Å². The molecule has 4 rings (SSSR count). The van der Waals surface area contributed by atoms with Crippen molar-refractivity contribution >= 4 is 23.4 Å². The van der Waals surface area contributed by atoms with E-state index < -0.39 is 0 Å². The van der Waals surface area contributed by atoms with E-state index in [9.17, 15) is 4.79 Å². The molecule has 1 aromatic carbocycles. The Morgan fingerprint density at radius 1 is 1.17 bits per heavy atom. The van der Waals surface area contributed by atoms with Crippen molar-refractivity contribution in [1.82, 2.24) is 29.5 Å². The summed E-state index contributed by atoms with van der Waals surface area (Å²) in [6.45, 7) is 2.67. The summed E-state index contributed by atoms with van der Waals surface area (Å²) in [6, 6.07) is 11.1. The normalized spacial score (nSPS) is 11.0. The van der Waals surface area contributed by atoms with E-state index in [1.54, 1.807) is 18.7 Å². The number of carbonyl (C=O) groups excluding carboxylic acids is 1. The molecule has 0 atom stereocenters. The van der Waals surface area contributed by atoms with Gasteiger partial charge in [-0.15, -0.1) is 20.4 Å². The van der Waals surface area contributed by atoms with Gasteiger partial charge in [0.1, 0.15) is 6.33 Å². The van der Waals surface area contributed by atoms with E-state index in [1.165, 1.54) is 11.8 Å². The van der Waals surface area contributed by atoms with E-state index in [1.807, 2.05) is 53.4 Å². The molecular weight excluding hydrogens is 390 g/mol. The number of furan rings is 1. The second-order valence-corrected chi connectivity index (χ2v) is 7.15. The molecule has 4 aromatic rings. The number of thioether (sulfide) groups is 1. The first-order valence-corrected chi connectivity index (χ1v) is 9.98. The van der Waals surface area contributed by atoms with Crippen LogP contribution in [0.5, 0.6) is 0 Å². The van der Waals surface area contributed by atoms with Gasteiger partial charge in [-0.25, -0.2) is 0 Å². The smallest absolute Gasteiger partial charge is 0.234 e. The minimum absolute atomic E-state index is 0.129. The van der Waals surface area contributed by atoms with Crippen LogP contribution in [0.3, 0.4) is 0 Å². The van der Waals surface area contributed by atoms with Crippen molar-refractivity contribution in [3.8, 4) is 23.0 Å². The van der Waals surface area contributed by atoms with Gasteiger partial charge in [0, 0.05) is 24.8 Å². The quantitative estimate of drug-likeness (QED) is 0.468. The molecule has 0 spiro atoms. The Morgan fingerprint density at radius 2 is 2.07 bits per heavy atom. The lowest BCUT2D eigenvalue weighted by molar-refractivity contribution is -0.113. The molecule has 29 heavy (non-hydrogen) atoms. The summed E-state index contributed by atoms with van der Waals surface area (Å²) in [5, 5.41) is 20.0. The average Bonchev–Trinajstić information content (AvgIpc) is 3.46. The highest BCUT2D eigenvalue weighted by Crippen LogP contribution is 2.25. The molecular formula is C19H19N7O2S. The predicted octanol–water partition coefficient (Wildman–Crippen LogP) is 3.08. The fourth-order valence-electron chi connectivity index (χ4n) is 2.88. The van der Waals surface area contributed by atoms with Crippen LogP contribution in [0.2, 0.25) is 0 Å². The zero-order valence-corrected chi connectivity index (χ0v) is 16.8. The second-order valence-electron chi connectivity index (χ2n) is 6.21. The summed E-state index contributed by atoms with van der Waals surface area (Å²) in [7, 11) is 1.87. The maximum absolute atomic E-state index is 12.4. The summed E-state index contributed by atoms with van der Waals surface area (Å²) < 4.78 is 9.15. The van der Waals surface area contributed by atoms with E-state index in [2.05, 4.69) is 25.7 Å². The van der Waals surface area contributed by atoms with E-state index >= 15 is 0 Å². The number of amides is 1. The first kappa shape index (κ1) is 18.9. The molecule has 1 N–H and O–H groups in total. The van der Waals surface area contributed by atoms with Gasteiger partial charge in [0.05, 0.1) is 12.0 Å². The largest absolute Gasteiger partial charge is 0.461 e.